The van der Waals surface area contributed by atoms with E-state index in [2.05, 4.69) is 11.8 Å². The summed E-state index contributed by atoms with van der Waals surface area (Å²) >= 11 is 0. The molecule has 1 aromatic rings. The second-order valence-electron chi connectivity index (χ2n) is 8.10. The Kier molecular flexibility index (Phi) is 6.47. The van der Waals surface area contributed by atoms with Gasteiger partial charge in [-0.3, -0.25) is 9.59 Å². The van der Waals surface area contributed by atoms with Crippen LogP contribution in [-0.4, -0.2) is 22.6 Å². The van der Waals surface area contributed by atoms with Gasteiger partial charge in [0.1, 0.15) is 5.60 Å². The Hall–Kier alpha value is -2.28. The van der Waals surface area contributed by atoms with Crippen molar-refractivity contribution in [3.05, 3.63) is 35.9 Å². The third-order valence-electron chi connectivity index (χ3n) is 4.75. The SMILES string of the molecule is CC(C)(C)OC(=O)C(CC#Cc1ccccc1)CC1(C(=O)O)CCCC1. The number of esters is 1. The Morgan fingerprint density at radius 2 is 1.81 bits per heavy atom. The van der Waals surface area contributed by atoms with Crippen LogP contribution in [0.2, 0.25) is 0 Å². The fraction of sp³-hybridized carbons (Fsp3) is 0.545. The molecule has 1 saturated carbocycles. The van der Waals surface area contributed by atoms with E-state index in [1.807, 2.05) is 51.1 Å². The van der Waals surface area contributed by atoms with Gasteiger partial charge in [-0.25, -0.2) is 0 Å². The van der Waals surface area contributed by atoms with E-state index in [9.17, 15) is 14.7 Å². The number of carboxylic acids is 1. The van der Waals surface area contributed by atoms with Crippen LogP contribution >= 0.6 is 0 Å². The Morgan fingerprint density at radius 3 is 2.35 bits per heavy atom. The molecule has 0 amide bonds. The van der Waals surface area contributed by atoms with Crippen molar-refractivity contribution in [1.29, 1.82) is 0 Å². The van der Waals surface area contributed by atoms with Gasteiger partial charge < -0.3 is 9.84 Å². The topological polar surface area (TPSA) is 63.6 Å². The standard InChI is InChI=1S/C22H28O4/c1-21(2,3)26-19(23)18(13-9-12-17-10-5-4-6-11-17)16-22(20(24)25)14-7-8-15-22/h4-6,10-11,18H,7-8,13-16H2,1-3H3,(H,24,25). The fourth-order valence-corrected chi connectivity index (χ4v) is 3.45. The number of hydrogen-bond donors (Lipinski definition) is 1. The van der Waals surface area contributed by atoms with Crippen molar-refractivity contribution in [2.45, 2.75) is 64.9 Å². The number of carbonyl (C=O) groups is 2. The number of rotatable bonds is 5. The lowest BCUT2D eigenvalue weighted by molar-refractivity contribution is -0.162. The Labute approximate surface area is 155 Å². The second kappa shape index (κ2) is 8.40. The first-order valence-corrected chi connectivity index (χ1v) is 9.22. The second-order valence-corrected chi connectivity index (χ2v) is 8.10. The number of carbonyl (C=O) groups excluding carboxylic acids is 1. The third-order valence-corrected chi connectivity index (χ3v) is 4.75. The van der Waals surface area contributed by atoms with Crippen molar-refractivity contribution in [3.8, 4) is 11.8 Å². The van der Waals surface area contributed by atoms with Crippen LogP contribution in [-0.2, 0) is 14.3 Å². The molecule has 0 saturated heterocycles. The van der Waals surface area contributed by atoms with Gasteiger partial charge in [0.25, 0.3) is 0 Å². The van der Waals surface area contributed by atoms with Gasteiger partial charge in [-0.15, -0.1) is 0 Å². The van der Waals surface area contributed by atoms with Crippen molar-refractivity contribution >= 4 is 11.9 Å². The molecule has 0 aliphatic heterocycles. The summed E-state index contributed by atoms with van der Waals surface area (Å²) in [6.45, 7) is 5.46. The van der Waals surface area contributed by atoms with Crippen LogP contribution in [0.4, 0.5) is 0 Å². The summed E-state index contributed by atoms with van der Waals surface area (Å²) in [5, 5.41) is 9.74. The molecule has 0 aromatic heterocycles. The average molecular weight is 356 g/mol. The van der Waals surface area contributed by atoms with Gasteiger partial charge in [0.15, 0.2) is 0 Å². The van der Waals surface area contributed by atoms with Crippen LogP contribution in [0, 0.1) is 23.2 Å². The Morgan fingerprint density at radius 1 is 1.19 bits per heavy atom. The maximum atomic E-state index is 12.7. The van der Waals surface area contributed by atoms with Crippen LogP contribution in [0.1, 0.15) is 64.9 Å². The quantitative estimate of drug-likeness (QED) is 0.626. The van der Waals surface area contributed by atoms with Gasteiger partial charge in [-0.2, -0.15) is 0 Å². The van der Waals surface area contributed by atoms with Crippen LogP contribution < -0.4 is 0 Å². The largest absolute Gasteiger partial charge is 0.481 e. The maximum absolute atomic E-state index is 12.7. The van der Waals surface area contributed by atoms with Gasteiger partial charge in [0, 0.05) is 12.0 Å². The molecule has 1 unspecified atom stereocenters. The highest BCUT2D eigenvalue weighted by Crippen LogP contribution is 2.44. The molecule has 26 heavy (non-hydrogen) atoms. The van der Waals surface area contributed by atoms with Crippen LogP contribution in [0.15, 0.2) is 30.3 Å². The smallest absolute Gasteiger partial charge is 0.310 e. The lowest BCUT2D eigenvalue weighted by atomic mass is 9.77. The summed E-state index contributed by atoms with van der Waals surface area (Å²) in [4.78, 5) is 24.5. The van der Waals surface area contributed by atoms with Crippen molar-refractivity contribution < 1.29 is 19.4 Å². The van der Waals surface area contributed by atoms with E-state index in [0.29, 0.717) is 25.7 Å². The molecule has 1 aliphatic rings. The summed E-state index contributed by atoms with van der Waals surface area (Å²) in [6, 6.07) is 9.56. The van der Waals surface area contributed by atoms with Crippen LogP contribution in [0.5, 0.6) is 0 Å². The summed E-state index contributed by atoms with van der Waals surface area (Å²) < 4.78 is 5.54. The zero-order chi connectivity index (χ0) is 19.2. The minimum atomic E-state index is -0.823. The molecule has 0 spiro atoms. The molecule has 1 aliphatic carbocycles. The summed E-state index contributed by atoms with van der Waals surface area (Å²) in [5.41, 5.74) is -0.547. The number of ether oxygens (including phenoxy) is 1. The lowest BCUT2D eigenvalue weighted by Gasteiger charge is -2.29. The van der Waals surface area contributed by atoms with Crippen molar-refractivity contribution in [2.75, 3.05) is 0 Å². The number of benzene rings is 1. The molecule has 140 valence electrons. The van der Waals surface area contributed by atoms with Gasteiger partial charge in [-0.1, -0.05) is 42.9 Å². The van der Waals surface area contributed by atoms with Crippen molar-refractivity contribution in [2.24, 2.45) is 11.3 Å². The zero-order valence-electron chi connectivity index (χ0n) is 15.9. The van der Waals surface area contributed by atoms with Gasteiger partial charge >= 0.3 is 11.9 Å². The minimum absolute atomic E-state index is 0.292. The van der Waals surface area contributed by atoms with Crippen LogP contribution in [0.25, 0.3) is 0 Å². The molecule has 0 radical (unpaired) electrons. The monoisotopic (exact) mass is 356 g/mol. The molecule has 2 rings (SSSR count). The predicted molar refractivity (Wildman–Crippen MR) is 100 cm³/mol. The Balaban J connectivity index is 2.17. The molecular weight excluding hydrogens is 328 g/mol. The Bertz CT molecular complexity index is 682. The van der Waals surface area contributed by atoms with E-state index in [1.54, 1.807) is 0 Å². The van der Waals surface area contributed by atoms with E-state index >= 15 is 0 Å². The predicted octanol–water partition coefficient (Wildman–Crippen LogP) is 4.42. The molecule has 1 atom stereocenters. The summed E-state index contributed by atoms with van der Waals surface area (Å²) in [5.74, 6) is 4.42. The van der Waals surface area contributed by atoms with Gasteiger partial charge in [0.2, 0.25) is 0 Å². The molecule has 1 fully saturated rings. The molecule has 4 nitrogen and oxygen atoms in total. The summed E-state index contributed by atoms with van der Waals surface area (Å²) in [6.07, 6.45) is 3.62. The minimum Gasteiger partial charge on any atom is -0.481 e. The molecular formula is C22H28O4. The molecule has 0 heterocycles. The first kappa shape index (κ1) is 20.0. The highest BCUT2D eigenvalue weighted by atomic mass is 16.6. The van der Waals surface area contributed by atoms with E-state index in [-0.39, 0.29) is 5.97 Å². The summed E-state index contributed by atoms with van der Waals surface area (Å²) in [7, 11) is 0. The third kappa shape index (κ3) is 5.62. The number of carboxylic acid groups (broad SMARTS) is 1. The van der Waals surface area contributed by atoms with Gasteiger partial charge in [-0.05, 0) is 52.2 Å². The van der Waals surface area contributed by atoms with E-state index in [1.165, 1.54) is 0 Å². The van der Waals surface area contributed by atoms with E-state index in [0.717, 1.165) is 18.4 Å². The lowest BCUT2D eigenvalue weighted by Crippen LogP contribution is -2.35. The van der Waals surface area contributed by atoms with Gasteiger partial charge in [0.05, 0.1) is 11.3 Å². The first-order valence-electron chi connectivity index (χ1n) is 9.22. The average Bonchev–Trinajstić information content (AvgIpc) is 3.03. The number of aliphatic carboxylic acids is 1. The van der Waals surface area contributed by atoms with Crippen molar-refractivity contribution in [3.63, 3.8) is 0 Å². The highest BCUT2D eigenvalue weighted by Gasteiger charge is 2.44. The molecule has 0 bridgehead atoms. The highest BCUT2D eigenvalue weighted by molar-refractivity contribution is 5.78. The number of hydrogen-bond acceptors (Lipinski definition) is 3. The maximum Gasteiger partial charge on any atom is 0.310 e. The van der Waals surface area contributed by atoms with E-state index < -0.39 is 22.9 Å². The van der Waals surface area contributed by atoms with Crippen LogP contribution in [0.3, 0.4) is 0 Å². The fourth-order valence-electron chi connectivity index (χ4n) is 3.45. The van der Waals surface area contributed by atoms with Crippen molar-refractivity contribution in [1.82, 2.24) is 0 Å². The normalized spacial score (nSPS) is 17.0. The first-order chi connectivity index (χ1) is 12.2. The molecule has 1 N–H and O–H groups in total. The molecule has 4 heteroatoms. The molecule has 1 aromatic carbocycles. The zero-order valence-corrected chi connectivity index (χ0v) is 15.9. The van der Waals surface area contributed by atoms with E-state index in [4.69, 9.17) is 4.74 Å².